The van der Waals surface area contributed by atoms with Crippen molar-refractivity contribution in [2.24, 2.45) is 11.8 Å². The maximum absolute atomic E-state index is 5.52. The van der Waals surface area contributed by atoms with Gasteiger partial charge in [-0.1, -0.05) is 111 Å². The van der Waals surface area contributed by atoms with Gasteiger partial charge in [-0.05, 0) is 78.3 Å². The van der Waals surface area contributed by atoms with Crippen LogP contribution in [0.2, 0.25) is 0 Å². The molecule has 0 bridgehead atoms. The Bertz CT molecular complexity index is 993. The highest BCUT2D eigenvalue weighted by molar-refractivity contribution is 5.69. The smallest absolute Gasteiger partial charge is 0.119 e. The molecule has 1 saturated carbocycles. The van der Waals surface area contributed by atoms with Crippen LogP contribution in [0.5, 0.6) is 5.75 Å². The average molecular weight is 453 g/mol. The molecule has 0 spiro atoms. The van der Waals surface area contributed by atoms with E-state index in [0.717, 1.165) is 17.6 Å². The van der Waals surface area contributed by atoms with Crippen LogP contribution in [0.4, 0.5) is 0 Å². The molecular weight excluding hydrogens is 412 g/mol. The van der Waals surface area contributed by atoms with E-state index in [0.29, 0.717) is 12.5 Å². The van der Waals surface area contributed by atoms with Crippen molar-refractivity contribution in [3.05, 3.63) is 101 Å². The molecule has 0 heterocycles. The summed E-state index contributed by atoms with van der Waals surface area (Å²) in [6.45, 7) is 5.12. The SMILES string of the molecule is CCOc1ccc(/C=C/c2ccc(CCC3CCC(CC(C)c4ccccc4)CC3)cc2)cc1. The Morgan fingerprint density at radius 1 is 0.765 bits per heavy atom. The third kappa shape index (κ3) is 7.35. The van der Waals surface area contributed by atoms with Crippen LogP contribution >= 0.6 is 0 Å². The zero-order chi connectivity index (χ0) is 23.6. The Balaban J connectivity index is 1.18. The van der Waals surface area contributed by atoms with Crippen LogP contribution in [-0.4, -0.2) is 6.61 Å². The van der Waals surface area contributed by atoms with Gasteiger partial charge in [0.25, 0.3) is 0 Å². The van der Waals surface area contributed by atoms with Gasteiger partial charge in [0.15, 0.2) is 0 Å². The van der Waals surface area contributed by atoms with E-state index in [2.05, 4.69) is 85.8 Å². The molecule has 3 aromatic carbocycles. The van der Waals surface area contributed by atoms with E-state index in [1.54, 1.807) is 0 Å². The van der Waals surface area contributed by atoms with Crippen molar-refractivity contribution in [2.75, 3.05) is 6.61 Å². The highest BCUT2D eigenvalue weighted by atomic mass is 16.5. The molecule has 0 aromatic heterocycles. The van der Waals surface area contributed by atoms with E-state index in [1.807, 2.05) is 19.1 Å². The Kier molecular flexibility index (Phi) is 9.02. The summed E-state index contributed by atoms with van der Waals surface area (Å²) in [5, 5.41) is 0. The molecule has 1 aliphatic carbocycles. The molecule has 1 atom stereocenters. The molecule has 1 nitrogen and oxygen atoms in total. The minimum Gasteiger partial charge on any atom is -0.494 e. The van der Waals surface area contributed by atoms with E-state index < -0.39 is 0 Å². The summed E-state index contributed by atoms with van der Waals surface area (Å²) in [6, 6.07) is 28.4. The molecule has 178 valence electrons. The van der Waals surface area contributed by atoms with E-state index in [9.17, 15) is 0 Å². The van der Waals surface area contributed by atoms with Gasteiger partial charge in [0, 0.05) is 0 Å². The van der Waals surface area contributed by atoms with Crippen LogP contribution in [0.3, 0.4) is 0 Å². The second-order valence-corrected chi connectivity index (χ2v) is 10.0. The molecular formula is C33H40O. The van der Waals surface area contributed by atoms with Gasteiger partial charge >= 0.3 is 0 Å². The summed E-state index contributed by atoms with van der Waals surface area (Å²) in [7, 11) is 0. The highest BCUT2D eigenvalue weighted by Gasteiger charge is 2.22. The molecule has 1 unspecified atom stereocenters. The predicted octanol–water partition coefficient (Wildman–Crippen LogP) is 9.19. The molecule has 4 rings (SSSR count). The molecule has 1 heteroatoms. The molecule has 0 aliphatic heterocycles. The lowest BCUT2D eigenvalue weighted by molar-refractivity contribution is 0.245. The largest absolute Gasteiger partial charge is 0.494 e. The second kappa shape index (κ2) is 12.6. The number of rotatable bonds is 10. The number of aryl methyl sites for hydroxylation is 1. The molecule has 0 amide bonds. The molecule has 0 radical (unpaired) electrons. The maximum Gasteiger partial charge on any atom is 0.119 e. The Hall–Kier alpha value is -2.80. The normalized spacial score (nSPS) is 19.2. The van der Waals surface area contributed by atoms with E-state index in [4.69, 9.17) is 4.74 Å². The molecule has 1 aliphatic rings. The fourth-order valence-corrected chi connectivity index (χ4v) is 5.37. The van der Waals surface area contributed by atoms with Gasteiger partial charge in [0.1, 0.15) is 5.75 Å². The van der Waals surface area contributed by atoms with Crippen molar-refractivity contribution in [1.82, 2.24) is 0 Å². The third-order valence-corrected chi connectivity index (χ3v) is 7.50. The Morgan fingerprint density at radius 3 is 1.97 bits per heavy atom. The van der Waals surface area contributed by atoms with Crippen molar-refractivity contribution < 1.29 is 4.74 Å². The average Bonchev–Trinajstić information content (AvgIpc) is 2.89. The van der Waals surface area contributed by atoms with Crippen LogP contribution in [0.1, 0.15) is 80.5 Å². The molecule has 0 saturated heterocycles. The first kappa shape index (κ1) is 24.3. The van der Waals surface area contributed by atoms with Crippen LogP contribution in [0.15, 0.2) is 78.9 Å². The quantitative estimate of drug-likeness (QED) is 0.279. The number of benzene rings is 3. The molecule has 0 N–H and O–H groups in total. The fourth-order valence-electron chi connectivity index (χ4n) is 5.37. The lowest BCUT2D eigenvalue weighted by atomic mass is 9.76. The molecule has 1 fully saturated rings. The van der Waals surface area contributed by atoms with E-state index >= 15 is 0 Å². The van der Waals surface area contributed by atoms with Gasteiger partial charge in [-0.2, -0.15) is 0 Å². The summed E-state index contributed by atoms with van der Waals surface area (Å²) >= 11 is 0. The summed E-state index contributed by atoms with van der Waals surface area (Å²) in [6.07, 6.45) is 13.9. The number of ether oxygens (including phenoxy) is 1. The Morgan fingerprint density at radius 2 is 1.35 bits per heavy atom. The van der Waals surface area contributed by atoms with Gasteiger partial charge in [0.05, 0.1) is 6.61 Å². The lowest BCUT2D eigenvalue weighted by Gasteiger charge is -2.30. The van der Waals surface area contributed by atoms with Crippen molar-refractivity contribution in [3.8, 4) is 5.75 Å². The van der Waals surface area contributed by atoms with Crippen molar-refractivity contribution >= 4 is 12.2 Å². The Labute approximate surface area is 206 Å². The summed E-state index contributed by atoms with van der Waals surface area (Å²) in [5.74, 6) is 3.43. The van der Waals surface area contributed by atoms with Crippen molar-refractivity contribution in [1.29, 1.82) is 0 Å². The molecule has 3 aromatic rings. The number of hydrogen-bond donors (Lipinski definition) is 0. The topological polar surface area (TPSA) is 9.23 Å². The maximum atomic E-state index is 5.52. The van der Waals surface area contributed by atoms with Gasteiger partial charge < -0.3 is 4.74 Å². The first-order valence-corrected chi connectivity index (χ1v) is 13.2. The van der Waals surface area contributed by atoms with Gasteiger partial charge in [-0.3, -0.25) is 0 Å². The van der Waals surface area contributed by atoms with E-state index in [-0.39, 0.29) is 0 Å². The van der Waals surface area contributed by atoms with Gasteiger partial charge in [-0.25, -0.2) is 0 Å². The van der Waals surface area contributed by atoms with Crippen LogP contribution in [-0.2, 0) is 6.42 Å². The second-order valence-electron chi connectivity index (χ2n) is 10.0. The number of hydrogen-bond acceptors (Lipinski definition) is 1. The van der Waals surface area contributed by atoms with Crippen molar-refractivity contribution in [3.63, 3.8) is 0 Å². The van der Waals surface area contributed by atoms with Gasteiger partial charge in [-0.15, -0.1) is 0 Å². The van der Waals surface area contributed by atoms with E-state index in [1.165, 1.54) is 67.2 Å². The van der Waals surface area contributed by atoms with Crippen molar-refractivity contribution in [2.45, 2.75) is 64.7 Å². The summed E-state index contributed by atoms with van der Waals surface area (Å²) in [4.78, 5) is 0. The minimum atomic E-state index is 0.685. The predicted molar refractivity (Wildman–Crippen MR) is 146 cm³/mol. The van der Waals surface area contributed by atoms with Crippen LogP contribution in [0.25, 0.3) is 12.2 Å². The summed E-state index contributed by atoms with van der Waals surface area (Å²) in [5.41, 5.74) is 5.42. The highest BCUT2D eigenvalue weighted by Crippen LogP contribution is 2.37. The van der Waals surface area contributed by atoms with Crippen LogP contribution < -0.4 is 4.74 Å². The standard InChI is InChI=1S/C33H40O/c1-3-34-33-23-21-30(22-24-33)16-15-28-11-9-27(10-12-28)13-14-29-17-19-31(20-18-29)25-26(2)32-7-5-4-6-8-32/h4-12,15-16,21-24,26,29,31H,3,13-14,17-20,25H2,1-2H3/b16-15+. The molecule has 34 heavy (non-hydrogen) atoms. The summed E-state index contributed by atoms with van der Waals surface area (Å²) < 4.78 is 5.52. The lowest BCUT2D eigenvalue weighted by Crippen LogP contribution is -2.16. The monoisotopic (exact) mass is 452 g/mol. The fraction of sp³-hybridized carbons (Fsp3) is 0.394. The van der Waals surface area contributed by atoms with Gasteiger partial charge in [0.2, 0.25) is 0 Å². The zero-order valence-electron chi connectivity index (χ0n) is 21.0. The minimum absolute atomic E-state index is 0.685. The first-order chi connectivity index (χ1) is 16.7. The van der Waals surface area contributed by atoms with Crippen LogP contribution in [0, 0.1) is 11.8 Å². The first-order valence-electron chi connectivity index (χ1n) is 13.2. The zero-order valence-corrected chi connectivity index (χ0v) is 21.0. The third-order valence-electron chi connectivity index (χ3n) is 7.50.